The van der Waals surface area contributed by atoms with Crippen LogP contribution in [-0.2, 0) is 11.3 Å². The van der Waals surface area contributed by atoms with Crippen molar-refractivity contribution in [1.82, 2.24) is 14.8 Å². The Hall–Kier alpha value is -2.30. The highest BCUT2D eigenvalue weighted by molar-refractivity contribution is 5.45. The van der Waals surface area contributed by atoms with Crippen molar-refractivity contribution < 1.29 is 4.74 Å². The van der Waals surface area contributed by atoms with Gasteiger partial charge in [0.1, 0.15) is 17.8 Å². The Kier molecular flexibility index (Phi) is 4.42. The summed E-state index contributed by atoms with van der Waals surface area (Å²) in [5, 5.41) is 7.87. The van der Waals surface area contributed by atoms with Crippen LogP contribution in [-0.4, -0.2) is 27.4 Å². The average molecular weight is 298 g/mol. The summed E-state index contributed by atoms with van der Waals surface area (Å²) in [6.07, 6.45) is 6.30. The van der Waals surface area contributed by atoms with Crippen molar-refractivity contribution >= 4 is 5.69 Å². The van der Waals surface area contributed by atoms with Crippen molar-refractivity contribution in [3.8, 4) is 0 Å². The molecule has 0 saturated heterocycles. The lowest BCUT2D eigenvalue weighted by molar-refractivity contribution is 0.135. The molecule has 1 unspecified atom stereocenters. The molecular weight excluding hydrogens is 276 g/mol. The number of aryl methyl sites for hydroxylation is 2. The number of allylic oxidation sites excluding steroid dienone is 1. The summed E-state index contributed by atoms with van der Waals surface area (Å²) >= 11 is 0. The highest BCUT2D eigenvalue weighted by Crippen LogP contribution is 2.15. The largest absolute Gasteiger partial charge is 0.497 e. The van der Waals surface area contributed by atoms with E-state index in [9.17, 15) is 0 Å². The number of rotatable bonds is 5. The van der Waals surface area contributed by atoms with E-state index in [0.717, 1.165) is 43.3 Å². The SMILES string of the molecule is Cc1nc(C)n(Cc2cccc(NCC3CCC=CO3)c2)n1. The number of benzene rings is 1. The smallest absolute Gasteiger partial charge is 0.147 e. The van der Waals surface area contributed by atoms with Crippen LogP contribution in [0.3, 0.4) is 0 Å². The number of hydrogen-bond acceptors (Lipinski definition) is 4. The van der Waals surface area contributed by atoms with Crippen molar-refractivity contribution in [2.45, 2.75) is 39.3 Å². The molecule has 0 radical (unpaired) electrons. The molecule has 1 aliphatic heterocycles. The minimum atomic E-state index is 0.258. The normalized spacial score (nSPS) is 17.3. The maximum atomic E-state index is 5.58. The predicted molar refractivity (Wildman–Crippen MR) is 86.8 cm³/mol. The minimum Gasteiger partial charge on any atom is -0.497 e. The van der Waals surface area contributed by atoms with Crippen LogP contribution >= 0.6 is 0 Å². The van der Waals surface area contributed by atoms with Crippen LogP contribution in [0, 0.1) is 13.8 Å². The molecule has 1 N–H and O–H groups in total. The summed E-state index contributed by atoms with van der Waals surface area (Å²) < 4.78 is 7.51. The first-order valence-electron chi connectivity index (χ1n) is 7.72. The van der Waals surface area contributed by atoms with Gasteiger partial charge in [-0.1, -0.05) is 12.1 Å². The number of anilines is 1. The Labute approximate surface area is 131 Å². The maximum absolute atomic E-state index is 5.58. The predicted octanol–water partition coefficient (Wildman–Crippen LogP) is 3.05. The molecule has 2 heterocycles. The fraction of sp³-hybridized carbons (Fsp3) is 0.412. The van der Waals surface area contributed by atoms with Crippen LogP contribution in [0.2, 0.25) is 0 Å². The molecule has 2 aromatic rings. The summed E-state index contributed by atoms with van der Waals surface area (Å²) in [7, 11) is 0. The fourth-order valence-electron chi connectivity index (χ4n) is 2.63. The molecular formula is C17H22N4O. The molecule has 5 heteroatoms. The molecule has 1 aliphatic rings. The monoisotopic (exact) mass is 298 g/mol. The second-order valence-electron chi connectivity index (χ2n) is 5.65. The maximum Gasteiger partial charge on any atom is 0.147 e. The van der Waals surface area contributed by atoms with E-state index in [1.54, 1.807) is 0 Å². The summed E-state index contributed by atoms with van der Waals surface area (Å²) in [5.74, 6) is 1.76. The molecule has 3 rings (SSSR count). The summed E-state index contributed by atoms with van der Waals surface area (Å²) in [5.41, 5.74) is 2.33. The molecule has 0 aliphatic carbocycles. The number of nitrogens with zero attached hydrogens (tertiary/aromatic N) is 3. The van der Waals surface area contributed by atoms with E-state index in [1.165, 1.54) is 5.56 Å². The van der Waals surface area contributed by atoms with E-state index in [4.69, 9.17) is 4.74 Å². The molecule has 0 saturated carbocycles. The molecule has 116 valence electrons. The summed E-state index contributed by atoms with van der Waals surface area (Å²) in [4.78, 5) is 4.34. The van der Waals surface area contributed by atoms with Gasteiger partial charge in [-0.15, -0.1) is 0 Å². The van der Waals surface area contributed by atoms with Gasteiger partial charge in [-0.05, 0) is 50.5 Å². The van der Waals surface area contributed by atoms with Crippen molar-refractivity contribution in [3.63, 3.8) is 0 Å². The van der Waals surface area contributed by atoms with Crippen LogP contribution in [0.1, 0.15) is 30.1 Å². The third-order valence-electron chi connectivity index (χ3n) is 3.78. The first kappa shape index (κ1) is 14.6. The Bertz CT molecular complexity index is 662. The molecule has 22 heavy (non-hydrogen) atoms. The second-order valence-corrected chi connectivity index (χ2v) is 5.65. The van der Waals surface area contributed by atoms with Crippen molar-refractivity contribution in [2.75, 3.05) is 11.9 Å². The molecule has 1 atom stereocenters. The molecule has 1 aromatic heterocycles. The van der Waals surface area contributed by atoms with Gasteiger partial charge in [-0.3, -0.25) is 0 Å². The molecule has 1 aromatic carbocycles. The van der Waals surface area contributed by atoms with E-state index in [0.29, 0.717) is 0 Å². The zero-order chi connectivity index (χ0) is 15.4. The minimum absolute atomic E-state index is 0.258. The average Bonchev–Trinajstić information content (AvgIpc) is 2.84. The van der Waals surface area contributed by atoms with Gasteiger partial charge in [0.2, 0.25) is 0 Å². The summed E-state index contributed by atoms with van der Waals surface area (Å²) in [6, 6.07) is 8.43. The molecule has 0 spiro atoms. The lowest BCUT2D eigenvalue weighted by Crippen LogP contribution is -2.23. The highest BCUT2D eigenvalue weighted by atomic mass is 16.5. The van der Waals surface area contributed by atoms with Gasteiger partial charge in [0.15, 0.2) is 0 Å². The third-order valence-corrected chi connectivity index (χ3v) is 3.78. The van der Waals surface area contributed by atoms with Crippen molar-refractivity contribution in [3.05, 3.63) is 53.8 Å². The second kappa shape index (κ2) is 6.64. The highest BCUT2D eigenvalue weighted by Gasteiger charge is 2.10. The Morgan fingerprint density at radius 1 is 1.36 bits per heavy atom. The van der Waals surface area contributed by atoms with Crippen LogP contribution < -0.4 is 5.32 Å². The van der Waals surface area contributed by atoms with Crippen LogP contribution in [0.25, 0.3) is 0 Å². The van der Waals surface area contributed by atoms with Gasteiger partial charge in [0.25, 0.3) is 0 Å². The zero-order valence-corrected chi connectivity index (χ0v) is 13.1. The quantitative estimate of drug-likeness (QED) is 0.922. The lowest BCUT2D eigenvalue weighted by atomic mass is 10.1. The lowest BCUT2D eigenvalue weighted by Gasteiger charge is -2.20. The van der Waals surface area contributed by atoms with E-state index >= 15 is 0 Å². The van der Waals surface area contributed by atoms with Gasteiger partial charge >= 0.3 is 0 Å². The standard InChI is InChI=1S/C17H22N4O/c1-13-19-14(2)21(20-13)12-15-6-5-7-16(10-15)18-11-17-8-3-4-9-22-17/h4-7,9-10,17-18H,3,8,11-12H2,1-2H3. The van der Waals surface area contributed by atoms with E-state index in [2.05, 4.69) is 45.7 Å². The molecule has 0 fully saturated rings. The topological polar surface area (TPSA) is 52.0 Å². The van der Waals surface area contributed by atoms with Gasteiger partial charge in [-0.2, -0.15) is 5.10 Å². The van der Waals surface area contributed by atoms with Crippen molar-refractivity contribution in [1.29, 1.82) is 0 Å². The van der Waals surface area contributed by atoms with E-state index in [1.807, 2.05) is 24.8 Å². The molecule has 0 amide bonds. The Balaban J connectivity index is 1.62. The van der Waals surface area contributed by atoms with Gasteiger partial charge in [0.05, 0.1) is 19.4 Å². The van der Waals surface area contributed by atoms with E-state index < -0.39 is 0 Å². The van der Waals surface area contributed by atoms with Gasteiger partial charge in [-0.25, -0.2) is 9.67 Å². The summed E-state index contributed by atoms with van der Waals surface area (Å²) in [6.45, 7) is 5.47. The number of nitrogens with one attached hydrogen (secondary N) is 1. The molecule has 0 bridgehead atoms. The van der Waals surface area contributed by atoms with Crippen molar-refractivity contribution in [2.24, 2.45) is 0 Å². The number of aromatic nitrogens is 3. The Morgan fingerprint density at radius 2 is 2.27 bits per heavy atom. The fourth-order valence-corrected chi connectivity index (χ4v) is 2.63. The zero-order valence-electron chi connectivity index (χ0n) is 13.1. The van der Waals surface area contributed by atoms with E-state index in [-0.39, 0.29) is 6.10 Å². The first-order chi connectivity index (χ1) is 10.7. The van der Waals surface area contributed by atoms with Gasteiger partial charge < -0.3 is 10.1 Å². The third kappa shape index (κ3) is 3.67. The first-order valence-corrected chi connectivity index (χ1v) is 7.72. The van der Waals surface area contributed by atoms with Crippen LogP contribution in [0.4, 0.5) is 5.69 Å². The van der Waals surface area contributed by atoms with Gasteiger partial charge in [0, 0.05) is 5.69 Å². The van der Waals surface area contributed by atoms with Crippen LogP contribution in [0.15, 0.2) is 36.6 Å². The van der Waals surface area contributed by atoms with Crippen LogP contribution in [0.5, 0.6) is 0 Å². The number of ether oxygens (including phenoxy) is 1. The molecule has 5 nitrogen and oxygen atoms in total. The number of hydrogen-bond donors (Lipinski definition) is 1. The Morgan fingerprint density at radius 3 is 3.00 bits per heavy atom.